The van der Waals surface area contributed by atoms with Crippen LogP contribution in [0.15, 0.2) is 0 Å². The predicted octanol–water partition coefficient (Wildman–Crippen LogP) is 0.519. The summed E-state index contributed by atoms with van der Waals surface area (Å²) in [4.78, 5) is 0. The van der Waals surface area contributed by atoms with Crippen molar-refractivity contribution in [2.75, 3.05) is 5.88 Å². The van der Waals surface area contributed by atoms with Gasteiger partial charge in [0.15, 0.2) is 9.84 Å². The van der Waals surface area contributed by atoms with Crippen molar-refractivity contribution in [2.45, 2.75) is 38.0 Å². The van der Waals surface area contributed by atoms with Gasteiger partial charge in [0.2, 0.25) is 0 Å². The highest BCUT2D eigenvalue weighted by atomic mass is 32.2. The van der Waals surface area contributed by atoms with E-state index in [0.717, 1.165) is 12.8 Å². The molecule has 0 aromatic heterocycles. The van der Waals surface area contributed by atoms with Crippen LogP contribution in [0.2, 0.25) is 0 Å². The Balaban J connectivity index is 2.33. The van der Waals surface area contributed by atoms with Crippen molar-refractivity contribution in [3.8, 4) is 0 Å². The molecule has 0 unspecified atom stereocenters. The molecule has 1 saturated carbocycles. The molecule has 0 aromatic carbocycles. The van der Waals surface area contributed by atoms with E-state index < -0.39 is 9.84 Å². The van der Waals surface area contributed by atoms with Crippen LogP contribution in [0.4, 0.5) is 0 Å². The van der Waals surface area contributed by atoms with Crippen LogP contribution >= 0.6 is 0 Å². The molecule has 0 amide bonds. The summed E-state index contributed by atoms with van der Waals surface area (Å²) in [6.07, 6.45) is 2.27. The number of nitrogens with one attached hydrogen (secondary N) is 1. The van der Waals surface area contributed by atoms with Crippen molar-refractivity contribution in [2.24, 2.45) is 0 Å². The van der Waals surface area contributed by atoms with Crippen LogP contribution in [-0.2, 0) is 9.84 Å². The molecular formula is C7H15NO2S. The zero-order chi connectivity index (χ0) is 8.48. The monoisotopic (exact) mass is 177 g/mol. The van der Waals surface area contributed by atoms with Gasteiger partial charge in [-0.15, -0.1) is 0 Å². The lowest BCUT2D eigenvalue weighted by Gasteiger charge is -2.07. The van der Waals surface area contributed by atoms with Crippen molar-refractivity contribution in [3.05, 3.63) is 0 Å². The highest BCUT2D eigenvalue weighted by Crippen LogP contribution is 2.18. The first-order chi connectivity index (χ1) is 5.02. The van der Waals surface area contributed by atoms with Gasteiger partial charge in [0.1, 0.15) is 0 Å². The molecule has 0 bridgehead atoms. The number of rotatable bonds is 4. The van der Waals surface area contributed by atoms with E-state index >= 15 is 0 Å². The lowest BCUT2D eigenvalue weighted by Crippen LogP contribution is -2.29. The normalized spacial score (nSPS) is 19.2. The summed E-state index contributed by atoms with van der Waals surface area (Å²) in [5, 5.41) is 2.73. The van der Waals surface area contributed by atoms with Gasteiger partial charge in [-0.1, -0.05) is 0 Å². The minimum Gasteiger partial charge on any atom is -0.301 e. The lowest BCUT2D eigenvalue weighted by molar-refractivity contribution is 0.577. The summed E-state index contributed by atoms with van der Waals surface area (Å²) in [6.45, 7) is 3.42. The fourth-order valence-electron chi connectivity index (χ4n) is 0.688. The topological polar surface area (TPSA) is 46.2 Å². The van der Waals surface area contributed by atoms with Gasteiger partial charge in [0, 0.05) is 6.04 Å². The summed E-state index contributed by atoms with van der Waals surface area (Å²) in [6, 6.07) is 0.475. The highest BCUT2D eigenvalue weighted by molar-refractivity contribution is 7.91. The SMILES string of the molecule is CC(C)S(=O)(=O)CNC1CC1. The summed E-state index contributed by atoms with van der Waals surface area (Å²) in [5.41, 5.74) is 0. The molecular weight excluding hydrogens is 162 g/mol. The first-order valence-electron chi connectivity index (χ1n) is 3.97. The molecule has 0 heterocycles. The van der Waals surface area contributed by atoms with E-state index in [0.29, 0.717) is 6.04 Å². The van der Waals surface area contributed by atoms with Crippen LogP contribution in [0.25, 0.3) is 0 Å². The van der Waals surface area contributed by atoms with Gasteiger partial charge < -0.3 is 5.32 Å². The van der Waals surface area contributed by atoms with Gasteiger partial charge in [-0.2, -0.15) is 0 Å². The molecule has 1 aliphatic rings. The van der Waals surface area contributed by atoms with Gasteiger partial charge in [-0.3, -0.25) is 0 Å². The van der Waals surface area contributed by atoms with Crippen molar-refractivity contribution in [3.63, 3.8) is 0 Å². The summed E-state index contributed by atoms with van der Waals surface area (Å²) in [7, 11) is -2.86. The van der Waals surface area contributed by atoms with Crippen molar-refractivity contribution < 1.29 is 8.42 Å². The number of hydrogen-bond donors (Lipinski definition) is 1. The smallest absolute Gasteiger partial charge is 0.165 e. The largest absolute Gasteiger partial charge is 0.301 e. The molecule has 0 aromatic rings. The molecule has 0 spiro atoms. The maximum Gasteiger partial charge on any atom is 0.165 e. The second kappa shape index (κ2) is 3.11. The fraction of sp³-hybridized carbons (Fsp3) is 1.00. The van der Waals surface area contributed by atoms with E-state index in [-0.39, 0.29) is 11.1 Å². The first-order valence-corrected chi connectivity index (χ1v) is 5.69. The molecule has 1 rings (SSSR count). The van der Waals surface area contributed by atoms with Crippen LogP contribution in [0.3, 0.4) is 0 Å². The van der Waals surface area contributed by atoms with Gasteiger partial charge in [0.05, 0.1) is 11.1 Å². The average molecular weight is 177 g/mol. The Hall–Kier alpha value is -0.0900. The zero-order valence-corrected chi connectivity index (χ0v) is 7.82. The van der Waals surface area contributed by atoms with Crippen LogP contribution in [0, 0.1) is 0 Å². The Morgan fingerprint density at radius 2 is 2.00 bits per heavy atom. The molecule has 1 fully saturated rings. The molecule has 4 heteroatoms. The van der Waals surface area contributed by atoms with Crippen LogP contribution in [0.5, 0.6) is 0 Å². The lowest BCUT2D eigenvalue weighted by atomic mass is 10.6. The van der Waals surface area contributed by atoms with E-state index in [4.69, 9.17) is 0 Å². The van der Waals surface area contributed by atoms with Crippen molar-refractivity contribution in [1.82, 2.24) is 5.32 Å². The van der Waals surface area contributed by atoms with E-state index in [2.05, 4.69) is 5.32 Å². The molecule has 66 valence electrons. The summed E-state index contributed by atoms with van der Waals surface area (Å²) < 4.78 is 22.4. The molecule has 11 heavy (non-hydrogen) atoms. The minimum absolute atomic E-state index is 0.148. The molecule has 1 aliphatic carbocycles. The number of hydrogen-bond acceptors (Lipinski definition) is 3. The van der Waals surface area contributed by atoms with Gasteiger partial charge in [-0.05, 0) is 26.7 Å². The van der Waals surface area contributed by atoms with Crippen LogP contribution < -0.4 is 5.32 Å². The standard InChI is InChI=1S/C7H15NO2S/c1-6(2)11(9,10)5-8-7-3-4-7/h6-8H,3-5H2,1-2H3. The number of sulfone groups is 1. The Bertz CT molecular complexity index is 217. The third-order valence-electron chi connectivity index (χ3n) is 1.87. The predicted molar refractivity (Wildman–Crippen MR) is 45.1 cm³/mol. The Kier molecular flexibility index (Phi) is 2.54. The van der Waals surface area contributed by atoms with E-state index in [1.807, 2.05) is 0 Å². The third kappa shape index (κ3) is 2.79. The maximum atomic E-state index is 11.2. The van der Waals surface area contributed by atoms with Gasteiger partial charge >= 0.3 is 0 Å². The van der Waals surface area contributed by atoms with Crippen molar-refractivity contribution in [1.29, 1.82) is 0 Å². The average Bonchev–Trinajstić information content (AvgIpc) is 2.65. The zero-order valence-electron chi connectivity index (χ0n) is 7.00. The molecule has 0 atom stereocenters. The molecule has 3 nitrogen and oxygen atoms in total. The van der Waals surface area contributed by atoms with Gasteiger partial charge in [-0.25, -0.2) is 8.42 Å². The Labute approximate surface area is 68.1 Å². The first kappa shape index (κ1) is 9.00. The molecule has 0 aliphatic heterocycles. The Morgan fingerprint density at radius 3 is 2.36 bits per heavy atom. The van der Waals surface area contributed by atoms with E-state index in [9.17, 15) is 8.42 Å². The quantitative estimate of drug-likeness (QED) is 0.681. The van der Waals surface area contributed by atoms with Crippen molar-refractivity contribution >= 4 is 9.84 Å². The minimum atomic E-state index is -2.86. The van der Waals surface area contributed by atoms with Crippen LogP contribution in [-0.4, -0.2) is 25.6 Å². The second-order valence-electron chi connectivity index (χ2n) is 3.33. The summed E-state index contributed by atoms with van der Waals surface area (Å²) in [5.74, 6) is 0.148. The molecule has 1 N–H and O–H groups in total. The summed E-state index contributed by atoms with van der Waals surface area (Å²) >= 11 is 0. The third-order valence-corrected chi connectivity index (χ3v) is 3.87. The highest BCUT2D eigenvalue weighted by Gasteiger charge is 2.24. The maximum absolute atomic E-state index is 11.2. The van der Waals surface area contributed by atoms with E-state index in [1.165, 1.54) is 0 Å². The van der Waals surface area contributed by atoms with E-state index in [1.54, 1.807) is 13.8 Å². The Morgan fingerprint density at radius 1 is 1.45 bits per heavy atom. The fourth-order valence-corrected chi connectivity index (χ4v) is 1.49. The second-order valence-corrected chi connectivity index (χ2v) is 5.89. The molecule has 0 radical (unpaired) electrons. The van der Waals surface area contributed by atoms with Gasteiger partial charge in [0.25, 0.3) is 0 Å². The molecule has 0 saturated heterocycles. The van der Waals surface area contributed by atoms with Crippen LogP contribution in [0.1, 0.15) is 26.7 Å².